The first-order chi connectivity index (χ1) is 11.7. The number of anilines is 1. The molecule has 0 saturated carbocycles. The van der Waals surface area contributed by atoms with Crippen LogP contribution in [0.3, 0.4) is 0 Å². The van der Waals surface area contributed by atoms with Crippen molar-refractivity contribution in [2.24, 2.45) is 0 Å². The molecular weight excluding hydrogens is 367 g/mol. The molecule has 2 aromatic rings. The quantitative estimate of drug-likeness (QED) is 0.795. The first-order valence-electron chi connectivity index (χ1n) is 7.61. The lowest BCUT2D eigenvalue weighted by molar-refractivity contribution is 0.102. The van der Waals surface area contributed by atoms with Crippen molar-refractivity contribution in [3.05, 3.63) is 58.9 Å². The molecule has 2 rings (SSSR count). The minimum atomic E-state index is -3.64. The van der Waals surface area contributed by atoms with Crippen molar-refractivity contribution >= 4 is 33.2 Å². The van der Waals surface area contributed by atoms with E-state index in [1.807, 2.05) is 6.92 Å². The van der Waals surface area contributed by atoms with Gasteiger partial charge in [-0.25, -0.2) is 17.5 Å². The van der Waals surface area contributed by atoms with Crippen molar-refractivity contribution in [2.75, 3.05) is 5.32 Å². The van der Waals surface area contributed by atoms with E-state index in [4.69, 9.17) is 11.6 Å². The average molecular weight is 385 g/mol. The van der Waals surface area contributed by atoms with Crippen LogP contribution in [-0.2, 0) is 10.0 Å². The molecule has 1 atom stereocenters. The Balaban J connectivity index is 2.16. The number of amides is 1. The van der Waals surface area contributed by atoms with E-state index < -0.39 is 21.7 Å². The van der Waals surface area contributed by atoms with E-state index in [2.05, 4.69) is 10.0 Å². The average Bonchev–Trinajstić information content (AvgIpc) is 2.57. The summed E-state index contributed by atoms with van der Waals surface area (Å²) in [7, 11) is -3.64. The maximum absolute atomic E-state index is 13.7. The highest BCUT2D eigenvalue weighted by Crippen LogP contribution is 2.20. The summed E-state index contributed by atoms with van der Waals surface area (Å²) in [5.74, 6) is -1.19. The Morgan fingerprint density at radius 1 is 1.20 bits per heavy atom. The van der Waals surface area contributed by atoms with Gasteiger partial charge in [-0.15, -0.1) is 0 Å². The van der Waals surface area contributed by atoms with Gasteiger partial charge in [0.2, 0.25) is 10.0 Å². The molecule has 2 N–H and O–H groups in total. The number of nitrogens with one attached hydrogen (secondary N) is 2. The molecule has 0 heterocycles. The zero-order chi connectivity index (χ0) is 18.6. The van der Waals surface area contributed by atoms with Crippen LogP contribution in [0.25, 0.3) is 0 Å². The van der Waals surface area contributed by atoms with Crippen LogP contribution in [0.5, 0.6) is 0 Å². The van der Waals surface area contributed by atoms with Gasteiger partial charge in [0.05, 0.1) is 10.6 Å². The van der Waals surface area contributed by atoms with Crippen molar-refractivity contribution in [1.82, 2.24) is 4.72 Å². The van der Waals surface area contributed by atoms with Crippen LogP contribution in [0.1, 0.15) is 30.6 Å². The molecule has 0 spiro atoms. The maximum Gasteiger partial charge on any atom is 0.255 e. The van der Waals surface area contributed by atoms with Crippen molar-refractivity contribution in [3.63, 3.8) is 0 Å². The zero-order valence-electron chi connectivity index (χ0n) is 13.7. The molecule has 0 saturated heterocycles. The summed E-state index contributed by atoms with van der Waals surface area (Å²) in [5, 5.41) is 2.69. The van der Waals surface area contributed by atoms with Gasteiger partial charge in [0, 0.05) is 16.6 Å². The van der Waals surface area contributed by atoms with E-state index in [0.29, 0.717) is 6.42 Å². The first kappa shape index (κ1) is 19.4. The molecule has 0 aliphatic carbocycles. The van der Waals surface area contributed by atoms with Gasteiger partial charge in [0.15, 0.2) is 0 Å². The lowest BCUT2D eigenvalue weighted by atomic mass is 10.2. The second-order valence-electron chi connectivity index (χ2n) is 5.53. The van der Waals surface area contributed by atoms with Gasteiger partial charge in [-0.2, -0.15) is 0 Å². The SMILES string of the molecule is CCC(C)NS(=O)(=O)c1ccc(C(=O)Nc2cc(Cl)ccc2F)cc1. The summed E-state index contributed by atoms with van der Waals surface area (Å²) in [6.45, 7) is 3.63. The highest BCUT2D eigenvalue weighted by atomic mass is 35.5. The molecule has 0 bridgehead atoms. The molecule has 5 nitrogen and oxygen atoms in total. The molecule has 0 aliphatic heterocycles. The Bertz CT molecular complexity index is 870. The van der Waals surface area contributed by atoms with Crippen LogP contribution < -0.4 is 10.0 Å². The van der Waals surface area contributed by atoms with Gasteiger partial charge in [0.25, 0.3) is 5.91 Å². The lowest BCUT2D eigenvalue weighted by Gasteiger charge is -2.12. The Morgan fingerprint density at radius 3 is 2.44 bits per heavy atom. The summed E-state index contributed by atoms with van der Waals surface area (Å²) < 4.78 is 40.6. The van der Waals surface area contributed by atoms with E-state index >= 15 is 0 Å². The van der Waals surface area contributed by atoms with Crippen molar-refractivity contribution < 1.29 is 17.6 Å². The molecule has 0 fully saturated rings. The summed E-state index contributed by atoms with van der Waals surface area (Å²) in [6, 6.07) is 9.00. The van der Waals surface area contributed by atoms with Crippen molar-refractivity contribution in [1.29, 1.82) is 0 Å². The molecule has 1 amide bonds. The van der Waals surface area contributed by atoms with Gasteiger partial charge >= 0.3 is 0 Å². The molecule has 8 heteroatoms. The Kier molecular flexibility index (Phi) is 6.16. The van der Waals surface area contributed by atoms with Crippen LogP contribution in [0.2, 0.25) is 5.02 Å². The third-order valence-electron chi connectivity index (χ3n) is 3.57. The largest absolute Gasteiger partial charge is 0.319 e. The van der Waals surface area contributed by atoms with Gasteiger partial charge in [0.1, 0.15) is 5.82 Å². The fourth-order valence-corrected chi connectivity index (χ4v) is 3.49. The molecule has 2 aromatic carbocycles. The minimum absolute atomic E-state index is 0.0485. The van der Waals surface area contributed by atoms with Crippen LogP contribution >= 0.6 is 11.6 Å². The number of benzene rings is 2. The maximum atomic E-state index is 13.7. The predicted molar refractivity (Wildman–Crippen MR) is 95.9 cm³/mol. The molecular formula is C17H18ClFN2O3S. The molecule has 0 aliphatic rings. The third kappa shape index (κ3) is 5.01. The molecule has 0 radical (unpaired) electrons. The lowest BCUT2D eigenvalue weighted by Crippen LogP contribution is -2.32. The highest BCUT2D eigenvalue weighted by Gasteiger charge is 2.17. The number of carbonyl (C=O) groups is 1. The number of hydrogen-bond donors (Lipinski definition) is 2. The van der Waals surface area contributed by atoms with Gasteiger partial charge in [-0.05, 0) is 55.8 Å². The van der Waals surface area contributed by atoms with Crippen LogP contribution in [0.4, 0.5) is 10.1 Å². The second-order valence-corrected chi connectivity index (χ2v) is 7.68. The Labute approximate surface area is 151 Å². The van der Waals surface area contributed by atoms with E-state index in [-0.39, 0.29) is 27.2 Å². The van der Waals surface area contributed by atoms with Gasteiger partial charge in [-0.1, -0.05) is 18.5 Å². The van der Waals surface area contributed by atoms with Crippen LogP contribution in [-0.4, -0.2) is 20.4 Å². The number of rotatable bonds is 6. The normalized spacial score (nSPS) is 12.6. The van der Waals surface area contributed by atoms with Crippen molar-refractivity contribution in [2.45, 2.75) is 31.2 Å². The number of halogens is 2. The zero-order valence-corrected chi connectivity index (χ0v) is 15.3. The number of hydrogen-bond acceptors (Lipinski definition) is 3. The topological polar surface area (TPSA) is 75.3 Å². The van der Waals surface area contributed by atoms with Crippen LogP contribution in [0, 0.1) is 5.82 Å². The van der Waals surface area contributed by atoms with E-state index in [1.54, 1.807) is 6.92 Å². The van der Waals surface area contributed by atoms with E-state index in [0.717, 1.165) is 6.07 Å². The predicted octanol–water partition coefficient (Wildman–Crippen LogP) is 3.81. The standard InChI is InChI=1S/C17H18ClFN2O3S/c1-3-11(2)21-25(23,24)14-7-4-12(5-8-14)17(22)20-16-10-13(18)6-9-15(16)19/h4-11,21H,3H2,1-2H3,(H,20,22). The van der Waals surface area contributed by atoms with Gasteiger partial charge < -0.3 is 5.32 Å². The molecule has 25 heavy (non-hydrogen) atoms. The monoisotopic (exact) mass is 384 g/mol. The summed E-state index contributed by atoms with van der Waals surface area (Å²) in [5.41, 5.74) is 0.148. The first-order valence-corrected chi connectivity index (χ1v) is 9.48. The van der Waals surface area contributed by atoms with E-state index in [9.17, 15) is 17.6 Å². The van der Waals surface area contributed by atoms with E-state index in [1.165, 1.54) is 36.4 Å². The third-order valence-corrected chi connectivity index (χ3v) is 5.41. The summed E-state index contributed by atoms with van der Waals surface area (Å²) in [6.07, 6.45) is 0.658. The molecule has 1 unspecified atom stereocenters. The Hall–Kier alpha value is -1.96. The fourth-order valence-electron chi connectivity index (χ4n) is 1.99. The smallest absolute Gasteiger partial charge is 0.255 e. The van der Waals surface area contributed by atoms with Crippen LogP contribution in [0.15, 0.2) is 47.4 Å². The molecule has 134 valence electrons. The summed E-state index contributed by atoms with van der Waals surface area (Å²) >= 11 is 5.78. The fraction of sp³-hybridized carbons (Fsp3) is 0.235. The summed E-state index contributed by atoms with van der Waals surface area (Å²) in [4.78, 5) is 12.2. The minimum Gasteiger partial charge on any atom is -0.319 e. The Morgan fingerprint density at radius 2 is 1.84 bits per heavy atom. The highest BCUT2D eigenvalue weighted by molar-refractivity contribution is 7.89. The molecule has 0 aromatic heterocycles. The number of carbonyl (C=O) groups excluding carboxylic acids is 1. The second kappa shape index (κ2) is 7.95. The van der Waals surface area contributed by atoms with Gasteiger partial charge in [-0.3, -0.25) is 4.79 Å². The van der Waals surface area contributed by atoms with Crippen molar-refractivity contribution in [3.8, 4) is 0 Å². The number of sulfonamides is 1.